The summed E-state index contributed by atoms with van der Waals surface area (Å²) in [5, 5.41) is 18.0. The molecule has 0 saturated heterocycles. The van der Waals surface area contributed by atoms with E-state index in [1.54, 1.807) is 19.1 Å². The van der Waals surface area contributed by atoms with Gasteiger partial charge in [0.2, 0.25) is 5.89 Å². The van der Waals surface area contributed by atoms with Crippen molar-refractivity contribution in [3.63, 3.8) is 0 Å². The number of aryl methyl sites for hydroxylation is 1. The summed E-state index contributed by atoms with van der Waals surface area (Å²) in [4.78, 5) is 16.1. The summed E-state index contributed by atoms with van der Waals surface area (Å²) in [5.74, 6) is 0.371. The van der Waals surface area contributed by atoms with Crippen molar-refractivity contribution in [2.24, 2.45) is 0 Å². The lowest BCUT2D eigenvalue weighted by molar-refractivity contribution is 0.0944. The highest BCUT2D eigenvalue weighted by molar-refractivity contribution is 6.01. The summed E-state index contributed by atoms with van der Waals surface area (Å²) in [5.41, 5.74) is 0.213. The Labute approximate surface area is 120 Å². The minimum Gasteiger partial charge on any atom is -0.507 e. The molecule has 1 heterocycles. The van der Waals surface area contributed by atoms with Gasteiger partial charge in [-0.15, -0.1) is 0 Å². The van der Waals surface area contributed by atoms with E-state index in [-0.39, 0.29) is 17.9 Å². The molecular formula is C15H13N3O3. The van der Waals surface area contributed by atoms with E-state index in [0.29, 0.717) is 11.7 Å². The first kappa shape index (κ1) is 13.1. The molecule has 0 aliphatic rings. The number of benzene rings is 2. The standard InChI is InChI=1S/C15H13N3O3/c1-9-17-14(21-18-9)8-16-15(20)12-6-10-4-2-3-5-11(10)7-13(12)19/h2-7,19H,8H2,1H3,(H,16,20). The Morgan fingerprint density at radius 3 is 2.67 bits per heavy atom. The highest BCUT2D eigenvalue weighted by Gasteiger charge is 2.13. The van der Waals surface area contributed by atoms with E-state index in [2.05, 4.69) is 15.5 Å². The van der Waals surface area contributed by atoms with Crippen molar-refractivity contribution in [1.29, 1.82) is 0 Å². The number of phenols is 1. The zero-order valence-corrected chi connectivity index (χ0v) is 11.3. The summed E-state index contributed by atoms with van der Waals surface area (Å²) < 4.78 is 4.91. The molecule has 0 aliphatic heterocycles. The summed E-state index contributed by atoms with van der Waals surface area (Å²) >= 11 is 0. The van der Waals surface area contributed by atoms with Crippen molar-refractivity contribution in [3.05, 3.63) is 53.7 Å². The van der Waals surface area contributed by atoms with Crippen molar-refractivity contribution >= 4 is 16.7 Å². The van der Waals surface area contributed by atoms with E-state index in [0.717, 1.165) is 10.8 Å². The Hall–Kier alpha value is -2.89. The predicted octanol–water partition coefficient (Wildman–Crippen LogP) is 2.17. The summed E-state index contributed by atoms with van der Waals surface area (Å²) in [6.45, 7) is 1.82. The number of hydrogen-bond acceptors (Lipinski definition) is 5. The largest absolute Gasteiger partial charge is 0.507 e. The van der Waals surface area contributed by atoms with E-state index >= 15 is 0 Å². The Balaban J connectivity index is 1.82. The van der Waals surface area contributed by atoms with Crippen LogP contribution in [0.25, 0.3) is 10.8 Å². The number of aromatic nitrogens is 2. The minimum atomic E-state index is -0.394. The maximum absolute atomic E-state index is 12.1. The van der Waals surface area contributed by atoms with Crippen LogP contribution in [0.5, 0.6) is 5.75 Å². The molecule has 1 amide bonds. The number of nitrogens with zero attached hydrogens (tertiary/aromatic N) is 2. The predicted molar refractivity (Wildman–Crippen MR) is 75.8 cm³/mol. The summed E-state index contributed by atoms with van der Waals surface area (Å²) in [6, 6.07) is 10.7. The molecule has 0 saturated carbocycles. The molecule has 0 atom stereocenters. The average molecular weight is 283 g/mol. The number of hydrogen-bond donors (Lipinski definition) is 2. The van der Waals surface area contributed by atoms with Crippen LogP contribution in [0.3, 0.4) is 0 Å². The van der Waals surface area contributed by atoms with E-state index < -0.39 is 5.91 Å². The lowest BCUT2D eigenvalue weighted by atomic mass is 10.1. The third-order valence-electron chi connectivity index (χ3n) is 3.08. The molecule has 6 heteroatoms. The molecule has 0 unspecified atom stereocenters. The van der Waals surface area contributed by atoms with E-state index in [1.165, 1.54) is 0 Å². The Morgan fingerprint density at radius 2 is 2.00 bits per heavy atom. The number of aromatic hydroxyl groups is 1. The summed E-state index contributed by atoms with van der Waals surface area (Å²) in [7, 11) is 0. The lowest BCUT2D eigenvalue weighted by Crippen LogP contribution is -2.23. The molecule has 3 rings (SSSR count). The number of rotatable bonds is 3. The Bertz CT molecular complexity index is 811. The van der Waals surface area contributed by atoms with Gasteiger partial charge in [0.1, 0.15) is 5.75 Å². The second-order valence-electron chi connectivity index (χ2n) is 4.63. The van der Waals surface area contributed by atoms with Gasteiger partial charge in [-0.3, -0.25) is 4.79 Å². The van der Waals surface area contributed by atoms with Crippen LogP contribution in [0.2, 0.25) is 0 Å². The van der Waals surface area contributed by atoms with E-state index in [9.17, 15) is 9.90 Å². The second kappa shape index (κ2) is 5.24. The zero-order chi connectivity index (χ0) is 14.8. The fraction of sp³-hybridized carbons (Fsp3) is 0.133. The second-order valence-corrected chi connectivity index (χ2v) is 4.63. The first-order chi connectivity index (χ1) is 10.1. The van der Waals surface area contributed by atoms with Crippen molar-refractivity contribution in [2.45, 2.75) is 13.5 Å². The third-order valence-corrected chi connectivity index (χ3v) is 3.08. The molecule has 0 fully saturated rings. The van der Waals surface area contributed by atoms with Gasteiger partial charge in [0.15, 0.2) is 5.82 Å². The maximum atomic E-state index is 12.1. The van der Waals surface area contributed by atoms with Crippen molar-refractivity contribution in [1.82, 2.24) is 15.5 Å². The van der Waals surface area contributed by atoms with Gasteiger partial charge in [0.05, 0.1) is 12.1 Å². The quantitative estimate of drug-likeness (QED) is 0.769. The van der Waals surface area contributed by atoms with Crippen molar-refractivity contribution < 1.29 is 14.4 Å². The van der Waals surface area contributed by atoms with Crippen LogP contribution in [-0.2, 0) is 6.54 Å². The number of phenolic OH excluding ortho intramolecular Hbond substituents is 1. The van der Waals surface area contributed by atoms with Gasteiger partial charge in [-0.25, -0.2) is 0 Å². The molecule has 0 aliphatic carbocycles. The molecule has 21 heavy (non-hydrogen) atoms. The van der Waals surface area contributed by atoms with Crippen LogP contribution in [0.15, 0.2) is 40.9 Å². The first-order valence-corrected chi connectivity index (χ1v) is 6.42. The highest BCUT2D eigenvalue weighted by atomic mass is 16.5. The van der Waals surface area contributed by atoms with Gasteiger partial charge in [-0.2, -0.15) is 4.98 Å². The lowest BCUT2D eigenvalue weighted by Gasteiger charge is -2.07. The Kier molecular flexibility index (Phi) is 3.27. The highest BCUT2D eigenvalue weighted by Crippen LogP contribution is 2.24. The zero-order valence-electron chi connectivity index (χ0n) is 11.3. The molecule has 2 N–H and O–H groups in total. The molecule has 106 valence electrons. The third kappa shape index (κ3) is 2.69. The number of fused-ring (bicyclic) bond motifs is 1. The molecule has 0 radical (unpaired) electrons. The van der Waals surface area contributed by atoms with Crippen LogP contribution in [0, 0.1) is 6.92 Å². The van der Waals surface area contributed by atoms with Gasteiger partial charge in [0, 0.05) is 0 Å². The molecule has 0 bridgehead atoms. The number of carbonyl (C=O) groups is 1. The normalized spacial score (nSPS) is 10.7. The smallest absolute Gasteiger partial charge is 0.255 e. The van der Waals surface area contributed by atoms with Crippen LogP contribution < -0.4 is 5.32 Å². The van der Waals surface area contributed by atoms with E-state index in [4.69, 9.17) is 4.52 Å². The van der Waals surface area contributed by atoms with Gasteiger partial charge in [0.25, 0.3) is 5.91 Å². The number of carbonyl (C=O) groups excluding carboxylic acids is 1. The monoisotopic (exact) mass is 283 g/mol. The fourth-order valence-electron chi connectivity index (χ4n) is 2.07. The molecule has 1 aromatic heterocycles. The van der Waals surface area contributed by atoms with Gasteiger partial charge >= 0.3 is 0 Å². The number of amides is 1. The van der Waals surface area contributed by atoms with Crippen molar-refractivity contribution in [3.8, 4) is 5.75 Å². The van der Waals surface area contributed by atoms with Gasteiger partial charge in [-0.1, -0.05) is 29.4 Å². The topological polar surface area (TPSA) is 88.2 Å². The fourth-order valence-corrected chi connectivity index (χ4v) is 2.07. The molecular weight excluding hydrogens is 270 g/mol. The maximum Gasteiger partial charge on any atom is 0.255 e. The Morgan fingerprint density at radius 1 is 1.29 bits per heavy atom. The average Bonchev–Trinajstić information content (AvgIpc) is 2.89. The number of nitrogens with one attached hydrogen (secondary N) is 1. The van der Waals surface area contributed by atoms with Crippen molar-refractivity contribution in [2.75, 3.05) is 0 Å². The first-order valence-electron chi connectivity index (χ1n) is 6.42. The van der Waals surface area contributed by atoms with Crippen LogP contribution >= 0.6 is 0 Å². The van der Waals surface area contributed by atoms with Crippen LogP contribution in [-0.4, -0.2) is 21.2 Å². The molecule has 3 aromatic rings. The van der Waals surface area contributed by atoms with Crippen LogP contribution in [0.4, 0.5) is 0 Å². The summed E-state index contributed by atoms with van der Waals surface area (Å²) in [6.07, 6.45) is 0. The van der Waals surface area contributed by atoms with Gasteiger partial charge in [-0.05, 0) is 29.8 Å². The molecule has 2 aromatic carbocycles. The molecule has 6 nitrogen and oxygen atoms in total. The minimum absolute atomic E-state index is 0.0621. The SMILES string of the molecule is Cc1noc(CNC(=O)c2cc3ccccc3cc2O)n1. The molecule has 0 spiro atoms. The van der Waals surface area contributed by atoms with Gasteiger partial charge < -0.3 is 14.9 Å². The van der Waals surface area contributed by atoms with Crippen LogP contribution in [0.1, 0.15) is 22.1 Å². The van der Waals surface area contributed by atoms with E-state index in [1.807, 2.05) is 24.3 Å².